The van der Waals surface area contributed by atoms with E-state index in [-0.39, 0.29) is 12.5 Å². The summed E-state index contributed by atoms with van der Waals surface area (Å²) in [6, 6.07) is 7.33. The zero-order valence-corrected chi connectivity index (χ0v) is 9.49. The van der Waals surface area contributed by atoms with Crippen molar-refractivity contribution in [2.45, 2.75) is 19.8 Å². The first-order chi connectivity index (χ1) is 7.50. The molecule has 0 heterocycles. The summed E-state index contributed by atoms with van der Waals surface area (Å²) in [5.74, 6) is -0.460. The summed E-state index contributed by atoms with van der Waals surface area (Å²) in [4.78, 5) is 22.1. The average Bonchev–Trinajstić information content (AvgIpc) is 2.26. The van der Waals surface area contributed by atoms with Crippen LogP contribution in [0.5, 0.6) is 0 Å². The molecule has 0 saturated heterocycles. The fourth-order valence-corrected chi connectivity index (χ4v) is 1.31. The lowest BCUT2D eigenvalue weighted by atomic mass is 10.0. The molecule has 0 aliphatic heterocycles. The molecule has 1 aromatic carbocycles. The molecule has 0 atom stereocenters. The molecule has 1 aromatic rings. The Hall–Kier alpha value is -1.84. The molecule has 3 N–H and O–H groups in total. The third-order valence-corrected chi connectivity index (χ3v) is 2.24. The van der Waals surface area contributed by atoms with E-state index in [1.54, 1.807) is 6.07 Å². The number of primary amides is 1. The summed E-state index contributed by atoms with van der Waals surface area (Å²) in [6.45, 7) is 3.98. The second kappa shape index (κ2) is 5.30. The predicted molar refractivity (Wildman–Crippen MR) is 62.1 cm³/mol. The van der Waals surface area contributed by atoms with Gasteiger partial charge in [0.05, 0.1) is 6.54 Å². The Bertz CT molecular complexity index is 400. The van der Waals surface area contributed by atoms with Crippen molar-refractivity contribution in [1.29, 1.82) is 0 Å². The number of amides is 2. The van der Waals surface area contributed by atoms with E-state index in [1.807, 2.05) is 18.2 Å². The van der Waals surface area contributed by atoms with E-state index in [0.717, 1.165) is 5.56 Å². The van der Waals surface area contributed by atoms with Gasteiger partial charge in [-0.25, -0.2) is 0 Å². The van der Waals surface area contributed by atoms with E-state index in [9.17, 15) is 9.59 Å². The maximum absolute atomic E-state index is 11.6. The first-order valence-corrected chi connectivity index (χ1v) is 5.17. The maximum Gasteiger partial charge on any atom is 0.251 e. The van der Waals surface area contributed by atoms with E-state index in [4.69, 9.17) is 5.73 Å². The highest BCUT2D eigenvalue weighted by Crippen LogP contribution is 2.15. The minimum Gasteiger partial charge on any atom is -0.368 e. The molecular weight excluding hydrogens is 204 g/mol. The van der Waals surface area contributed by atoms with Crippen molar-refractivity contribution in [2.75, 3.05) is 6.54 Å². The fraction of sp³-hybridized carbons (Fsp3) is 0.333. The van der Waals surface area contributed by atoms with Crippen LogP contribution in [0.3, 0.4) is 0 Å². The molecule has 0 unspecified atom stereocenters. The van der Waals surface area contributed by atoms with Crippen LogP contribution in [0.4, 0.5) is 0 Å². The van der Waals surface area contributed by atoms with Crippen molar-refractivity contribution in [3.8, 4) is 0 Å². The maximum atomic E-state index is 11.6. The fourth-order valence-electron chi connectivity index (χ4n) is 1.31. The van der Waals surface area contributed by atoms with Gasteiger partial charge >= 0.3 is 0 Å². The summed E-state index contributed by atoms with van der Waals surface area (Å²) in [5, 5.41) is 2.45. The van der Waals surface area contributed by atoms with Gasteiger partial charge in [0.2, 0.25) is 5.91 Å². The molecule has 0 saturated carbocycles. The monoisotopic (exact) mass is 220 g/mol. The number of hydrogen-bond acceptors (Lipinski definition) is 2. The Morgan fingerprint density at radius 2 is 2.06 bits per heavy atom. The molecule has 0 aliphatic rings. The van der Waals surface area contributed by atoms with Gasteiger partial charge in [0.15, 0.2) is 0 Å². The first-order valence-electron chi connectivity index (χ1n) is 5.17. The van der Waals surface area contributed by atoms with E-state index in [2.05, 4.69) is 19.2 Å². The summed E-state index contributed by atoms with van der Waals surface area (Å²) >= 11 is 0. The van der Waals surface area contributed by atoms with Crippen LogP contribution in [0.1, 0.15) is 35.7 Å². The number of carbonyl (C=O) groups is 2. The molecule has 2 amide bonds. The van der Waals surface area contributed by atoms with Gasteiger partial charge in [0.1, 0.15) is 0 Å². The highest BCUT2D eigenvalue weighted by molar-refractivity contribution is 5.96. The van der Waals surface area contributed by atoms with Crippen LogP contribution < -0.4 is 11.1 Å². The topological polar surface area (TPSA) is 72.2 Å². The molecule has 86 valence electrons. The van der Waals surface area contributed by atoms with Crippen LogP contribution in [-0.2, 0) is 4.79 Å². The van der Waals surface area contributed by atoms with Crippen molar-refractivity contribution in [1.82, 2.24) is 5.32 Å². The largest absolute Gasteiger partial charge is 0.368 e. The molecule has 1 rings (SSSR count). The Labute approximate surface area is 94.8 Å². The lowest BCUT2D eigenvalue weighted by molar-refractivity contribution is -0.117. The molecule has 0 fully saturated rings. The molecule has 0 spiro atoms. The second-order valence-electron chi connectivity index (χ2n) is 3.93. The number of nitrogens with one attached hydrogen (secondary N) is 1. The van der Waals surface area contributed by atoms with E-state index >= 15 is 0 Å². The molecular formula is C12H16N2O2. The van der Waals surface area contributed by atoms with E-state index in [0.29, 0.717) is 11.5 Å². The van der Waals surface area contributed by atoms with Gasteiger partial charge in [-0.15, -0.1) is 0 Å². The smallest absolute Gasteiger partial charge is 0.251 e. The molecule has 0 aliphatic carbocycles. The summed E-state index contributed by atoms with van der Waals surface area (Å²) in [5.41, 5.74) is 6.58. The number of rotatable bonds is 4. The number of hydrogen-bond donors (Lipinski definition) is 2. The molecule has 4 heteroatoms. The van der Waals surface area contributed by atoms with Crippen molar-refractivity contribution >= 4 is 11.8 Å². The predicted octanol–water partition coefficient (Wildman–Crippen LogP) is 1.03. The molecule has 0 aromatic heterocycles. The van der Waals surface area contributed by atoms with Gasteiger partial charge < -0.3 is 11.1 Å². The van der Waals surface area contributed by atoms with Gasteiger partial charge in [-0.1, -0.05) is 26.0 Å². The second-order valence-corrected chi connectivity index (χ2v) is 3.93. The van der Waals surface area contributed by atoms with Crippen molar-refractivity contribution in [3.63, 3.8) is 0 Å². The van der Waals surface area contributed by atoms with Crippen LogP contribution in [0.15, 0.2) is 24.3 Å². The molecule has 16 heavy (non-hydrogen) atoms. The summed E-state index contributed by atoms with van der Waals surface area (Å²) in [6.07, 6.45) is 0. The summed E-state index contributed by atoms with van der Waals surface area (Å²) in [7, 11) is 0. The van der Waals surface area contributed by atoms with Crippen molar-refractivity contribution < 1.29 is 9.59 Å². The Morgan fingerprint density at radius 3 is 2.62 bits per heavy atom. The summed E-state index contributed by atoms with van der Waals surface area (Å²) < 4.78 is 0. The zero-order valence-electron chi connectivity index (χ0n) is 9.49. The molecule has 4 nitrogen and oxygen atoms in total. The van der Waals surface area contributed by atoms with E-state index < -0.39 is 5.91 Å². The third kappa shape index (κ3) is 3.38. The van der Waals surface area contributed by atoms with Gasteiger partial charge in [0, 0.05) is 5.56 Å². The van der Waals surface area contributed by atoms with Crippen LogP contribution >= 0.6 is 0 Å². The number of nitrogens with two attached hydrogens (primary N) is 1. The standard InChI is InChI=1S/C12H16N2O2/c1-8(2)9-4-3-5-10(6-9)12(16)14-7-11(13)15/h3-6,8H,7H2,1-2H3,(H2,13,15)(H,14,16). The normalized spacial score (nSPS) is 10.2. The van der Waals surface area contributed by atoms with E-state index in [1.165, 1.54) is 0 Å². The Morgan fingerprint density at radius 1 is 1.38 bits per heavy atom. The van der Waals surface area contributed by atoms with Crippen LogP contribution in [0.2, 0.25) is 0 Å². The average molecular weight is 220 g/mol. The number of benzene rings is 1. The SMILES string of the molecule is CC(C)c1cccc(C(=O)NCC(N)=O)c1. The minimum absolute atomic E-state index is 0.134. The highest BCUT2D eigenvalue weighted by Gasteiger charge is 2.07. The minimum atomic E-state index is -0.548. The highest BCUT2D eigenvalue weighted by atomic mass is 16.2. The zero-order chi connectivity index (χ0) is 12.1. The van der Waals surface area contributed by atoms with Crippen LogP contribution in [0.25, 0.3) is 0 Å². The van der Waals surface area contributed by atoms with Crippen LogP contribution in [0, 0.1) is 0 Å². The third-order valence-electron chi connectivity index (χ3n) is 2.24. The van der Waals surface area contributed by atoms with Crippen LogP contribution in [-0.4, -0.2) is 18.4 Å². The van der Waals surface area contributed by atoms with Crippen molar-refractivity contribution in [2.24, 2.45) is 5.73 Å². The van der Waals surface area contributed by atoms with Gasteiger partial charge in [0.25, 0.3) is 5.91 Å². The molecule has 0 bridgehead atoms. The first kappa shape index (κ1) is 12.2. The lowest BCUT2D eigenvalue weighted by Gasteiger charge is -2.07. The van der Waals surface area contributed by atoms with Crippen molar-refractivity contribution in [3.05, 3.63) is 35.4 Å². The lowest BCUT2D eigenvalue weighted by Crippen LogP contribution is -2.33. The number of carbonyl (C=O) groups excluding carboxylic acids is 2. The Kier molecular flexibility index (Phi) is 4.05. The van der Waals surface area contributed by atoms with Gasteiger partial charge in [-0.05, 0) is 23.6 Å². The van der Waals surface area contributed by atoms with Gasteiger partial charge in [-0.2, -0.15) is 0 Å². The molecule has 0 radical (unpaired) electrons. The quantitative estimate of drug-likeness (QED) is 0.795. The van der Waals surface area contributed by atoms with Gasteiger partial charge in [-0.3, -0.25) is 9.59 Å². The Balaban J connectivity index is 2.75.